The summed E-state index contributed by atoms with van der Waals surface area (Å²) in [5.41, 5.74) is 2.58. The molecule has 0 saturated heterocycles. The zero-order chi connectivity index (χ0) is 13.7. The van der Waals surface area contributed by atoms with Gasteiger partial charge in [-0.25, -0.2) is 0 Å². The Bertz CT molecular complexity index is 421. The minimum absolute atomic E-state index is 0.646. The van der Waals surface area contributed by atoms with E-state index in [1.54, 1.807) is 0 Å². The summed E-state index contributed by atoms with van der Waals surface area (Å²) in [4.78, 5) is 2.34. The van der Waals surface area contributed by atoms with Crippen LogP contribution in [0.2, 0.25) is 0 Å². The van der Waals surface area contributed by atoms with Gasteiger partial charge in [-0.05, 0) is 63.8 Å². The average molecular weight is 264 g/mol. The number of aryl methyl sites for hydroxylation is 1. The summed E-state index contributed by atoms with van der Waals surface area (Å²) >= 11 is 0. The number of rotatable bonds is 6. The first-order chi connectivity index (χ1) is 9.20. The molecule has 0 aromatic heterocycles. The molecule has 4 nitrogen and oxygen atoms in total. The number of nitrogens with zero attached hydrogens (tertiary/aromatic N) is 1. The molecule has 0 bridgehead atoms. The second-order valence-corrected chi connectivity index (χ2v) is 5.12. The van der Waals surface area contributed by atoms with E-state index in [4.69, 9.17) is 9.47 Å². The molecule has 106 valence electrons. The number of hydrogen-bond donors (Lipinski definition) is 1. The summed E-state index contributed by atoms with van der Waals surface area (Å²) in [5, 5.41) is 3.18. The number of ether oxygens (including phenoxy) is 2. The second-order valence-electron chi connectivity index (χ2n) is 5.12. The molecule has 0 aliphatic carbocycles. The van der Waals surface area contributed by atoms with E-state index in [2.05, 4.69) is 36.3 Å². The van der Waals surface area contributed by atoms with Crippen LogP contribution in [0, 0.1) is 6.92 Å². The molecular weight excluding hydrogens is 240 g/mol. The van der Waals surface area contributed by atoms with Gasteiger partial charge in [-0.15, -0.1) is 0 Å². The lowest BCUT2D eigenvalue weighted by atomic mass is 10.1. The molecule has 1 aromatic carbocycles. The lowest BCUT2D eigenvalue weighted by Gasteiger charge is -2.22. The topological polar surface area (TPSA) is 33.7 Å². The Morgan fingerprint density at radius 3 is 2.58 bits per heavy atom. The summed E-state index contributed by atoms with van der Waals surface area (Å²) in [6.07, 6.45) is 1.16. The molecule has 2 rings (SSSR count). The van der Waals surface area contributed by atoms with E-state index in [1.807, 2.05) is 7.05 Å². The van der Waals surface area contributed by atoms with Crippen molar-refractivity contribution in [3.8, 4) is 11.5 Å². The maximum atomic E-state index is 5.65. The molecule has 1 aliphatic rings. The van der Waals surface area contributed by atoms with E-state index >= 15 is 0 Å². The molecule has 4 heteroatoms. The van der Waals surface area contributed by atoms with Crippen LogP contribution >= 0.6 is 0 Å². The molecule has 1 aliphatic heterocycles. The molecule has 0 unspecified atom stereocenters. The van der Waals surface area contributed by atoms with Crippen molar-refractivity contribution in [1.29, 1.82) is 0 Å². The van der Waals surface area contributed by atoms with Gasteiger partial charge >= 0.3 is 0 Å². The third-order valence-electron chi connectivity index (χ3n) is 3.41. The monoisotopic (exact) mass is 264 g/mol. The van der Waals surface area contributed by atoms with E-state index in [-0.39, 0.29) is 0 Å². The lowest BCUT2D eigenvalue weighted by Crippen LogP contribution is -2.23. The molecule has 0 radical (unpaired) electrons. The smallest absolute Gasteiger partial charge is 0.161 e. The highest BCUT2D eigenvalue weighted by Gasteiger charge is 2.14. The van der Waals surface area contributed by atoms with E-state index in [0.717, 1.165) is 37.6 Å². The maximum Gasteiger partial charge on any atom is 0.161 e. The Hall–Kier alpha value is -1.26. The van der Waals surface area contributed by atoms with Crippen molar-refractivity contribution in [1.82, 2.24) is 10.2 Å². The highest BCUT2D eigenvalue weighted by Crippen LogP contribution is 2.33. The SMILES string of the molecule is CNCCCN(C)Cc1cc2c(cc1C)OCCO2. The van der Waals surface area contributed by atoms with Crippen LogP contribution in [0.1, 0.15) is 17.5 Å². The average Bonchev–Trinajstić information content (AvgIpc) is 2.40. The number of hydrogen-bond acceptors (Lipinski definition) is 4. The molecule has 0 atom stereocenters. The van der Waals surface area contributed by atoms with Crippen molar-refractivity contribution >= 4 is 0 Å². The van der Waals surface area contributed by atoms with Gasteiger partial charge in [0.15, 0.2) is 11.5 Å². The first-order valence-electron chi connectivity index (χ1n) is 6.93. The Morgan fingerprint density at radius 1 is 1.21 bits per heavy atom. The molecule has 0 saturated carbocycles. The van der Waals surface area contributed by atoms with E-state index in [9.17, 15) is 0 Å². The van der Waals surface area contributed by atoms with Crippen LogP contribution in [0.3, 0.4) is 0 Å². The number of nitrogens with one attached hydrogen (secondary N) is 1. The van der Waals surface area contributed by atoms with Crippen molar-refractivity contribution in [3.63, 3.8) is 0 Å². The molecule has 0 spiro atoms. The van der Waals surface area contributed by atoms with Gasteiger partial charge in [-0.1, -0.05) is 0 Å². The van der Waals surface area contributed by atoms with Crippen molar-refractivity contribution in [2.24, 2.45) is 0 Å². The predicted octanol–water partition coefficient (Wildman–Crippen LogP) is 1.81. The van der Waals surface area contributed by atoms with E-state index in [1.165, 1.54) is 11.1 Å². The van der Waals surface area contributed by atoms with E-state index in [0.29, 0.717) is 13.2 Å². The minimum atomic E-state index is 0.646. The molecule has 19 heavy (non-hydrogen) atoms. The van der Waals surface area contributed by atoms with Crippen LogP contribution < -0.4 is 14.8 Å². The zero-order valence-electron chi connectivity index (χ0n) is 12.2. The number of benzene rings is 1. The fourth-order valence-electron chi connectivity index (χ4n) is 2.30. The molecule has 1 heterocycles. The van der Waals surface area contributed by atoms with Crippen LogP contribution in [0.15, 0.2) is 12.1 Å². The van der Waals surface area contributed by atoms with Gasteiger partial charge in [-0.2, -0.15) is 0 Å². The van der Waals surface area contributed by atoms with Gasteiger partial charge < -0.3 is 19.7 Å². The van der Waals surface area contributed by atoms with Crippen LogP contribution in [0.25, 0.3) is 0 Å². The van der Waals surface area contributed by atoms with Gasteiger partial charge in [0.25, 0.3) is 0 Å². The van der Waals surface area contributed by atoms with Gasteiger partial charge in [-0.3, -0.25) is 0 Å². The fraction of sp³-hybridized carbons (Fsp3) is 0.600. The minimum Gasteiger partial charge on any atom is -0.486 e. The van der Waals surface area contributed by atoms with Crippen LogP contribution in [0.5, 0.6) is 11.5 Å². The Balaban J connectivity index is 1.99. The molecule has 0 fully saturated rings. The summed E-state index contributed by atoms with van der Waals surface area (Å²) in [6.45, 7) is 6.53. The van der Waals surface area contributed by atoms with Gasteiger partial charge in [0, 0.05) is 6.54 Å². The maximum absolute atomic E-state index is 5.65. The molecule has 1 N–H and O–H groups in total. The molecule has 1 aromatic rings. The summed E-state index contributed by atoms with van der Waals surface area (Å²) < 4.78 is 11.2. The number of fused-ring (bicyclic) bond motifs is 1. The summed E-state index contributed by atoms with van der Waals surface area (Å²) in [7, 11) is 4.15. The van der Waals surface area contributed by atoms with Crippen LogP contribution in [-0.4, -0.2) is 45.3 Å². The third-order valence-corrected chi connectivity index (χ3v) is 3.41. The summed E-state index contributed by atoms with van der Waals surface area (Å²) in [5.74, 6) is 1.76. The summed E-state index contributed by atoms with van der Waals surface area (Å²) in [6, 6.07) is 4.21. The Kier molecular flexibility index (Phi) is 5.05. The van der Waals surface area contributed by atoms with Gasteiger partial charge in [0.1, 0.15) is 13.2 Å². The van der Waals surface area contributed by atoms with Crippen molar-refractivity contribution in [3.05, 3.63) is 23.3 Å². The Morgan fingerprint density at radius 2 is 1.89 bits per heavy atom. The molecular formula is C15H24N2O2. The van der Waals surface area contributed by atoms with Crippen molar-refractivity contribution in [2.45, 2.75) is 19.9 Å². The van der Waals surface area contributed by atoms with Gasteiger partial charge in [0.05, 0.1) is 0 Å². The highest BCUT2D eigenvalue weighted by molar-refractivity contribution is 5.47. The standard InChI is InChI=1S/C15H24N2O2/c1-12-9-14-15(19-8-7-18-14)10-13(12)11-17(3)6-4-5-16-2/h9-10,16H,4-8,11H2,1-3H3. The fourth-order valence-corrected chi connectivity index (χ4v) is 2.30. The second kappa shape index (κ2) is 6.78. The largest absolute Gasteiger partial charge is 0.486 e. The Labute approximate surface area is 115 Å². The normalized spacial score (nSPS) is 13.9. The predicted molar refractivity (Wildman–Crippen MR) is 77.0 cm³/mol. The first-order valence-corrected chi connectivity index (χ1v) is 6.93. The van der Waals surface area contributed by atoms with Crippen molar-refractivity contribution in [2.75, 3.05) is 40.4 Å². The van der Waals surface area contributed by atoms with Gasteiger partial charge in [0.2, 0.25) is 0 Å². The van der Waals surface area contributed by atoms with E-state index < -0.39 is 0 Å². The quantitative estimate of drug-likeness (QED) is 0.795. The van der Waals surface area contributed by atoms with Crippen molar-refractivity contribution < 1.29 is 9.47 Å². The highest BCUT2D eigenvalue weighted by atomic mass is 16.6. The molecule has 0 amide bonds. The zero-order valence-corrected chi connectivity index (χ0v) is 12.2. The third kappa shape index (κ3) is 3.85. The van der Waals surface area contributed by atoms with Crippen LogP contribution in [0.4, 0.5) is 0 Å². The first kappa shape index (κ1) is 14.2. The lowest BCUT2D eigenvalue weighted by molar-refractivity contribution is 0.171. The van der Waals surface area contributed by atoms with Crippen LogP contribution in [-0.2, 0) is 6.54 Å².